The lowest BCUT2D eigenvalue weighted by Crippen LogP contribution is -2.44. The molecule has 4 atom stereocenters. The molecular formula is C15H22O. The highest BCUT2D eigenvalue weighted by atomic mass is 16.1. The summed E-state index contributed by atoms with van der Waals surface area (Å²) < 4.78 is 0. The van der Waals surface area contributed by atoms with E-state index in [-0.39, 0.29) is 16.2 Å². The second kappa shape index (κ2) is 2.63. The van der Waals surface area contributed by atoms with Crippen molar-refractivity contribution in [2.75, 3.05) is 0 Å². The lowest BCUT2D eigenvalue weighted by Gasteiger charge is -2.46. The van der Waals surface area contributed by atoms with Crippen LogP contribution in [0.2, 0.25) is 0 Å². The number of hydrogen-bond acceptors (Lipinski definition) is 1. The van der Waals surface area contributed by atoms with E-state index in [1.54, 1.807) is 0 Å². The molecule has 0 aromatic carbocycles. The number of carbonyl (C=O) groups is 1. The van der Waals surface area contributed by atoms with Gasteiger partial charge in [-0.3, -0.25) is 4.79 Å². The van der Waals surface area contributed by atoms with Crippen LogP contribution in [0.25, 0.3) is 0 Å². The van der Waals surface area contributed by atoms with Gasteiger partial charge in [-0.2, -0.15) is 0 Å². The fraction of sp³-hybridized carbons (Fsp3) is 0.800. The Morgan fingerprint density at radius 2 is 2.00 bits per heavy atom. The summed E-state index contributed by atoms with van der Waals surface area (Å²) >= 11 is 0. The summed E-state index contributed by atoms with van der Waals surface area (Å²) in [4.78, 5) is 12.4. The summed E-state index contributed by atoms with van der Waals surface area (Å²) in [5, 5.41) is 0. The van der Waals surface area contributed by atoms with Gasteiger partial charge in [0.05, 0.1) is 5.41 Å². The maximum absolute atomic E-state index is 12.4. The Bertz CT molecular complexity index is 408. The van der Waals surface area contributed by atoms with Crippen LogP contribution in [0, 0.1) is 22.2 Å². The Morgan fingerprint density at radius 1 is 1.31 bits per heavy atom. The number of ketones is 1. The first kappa shape index (κ1) is 10.6. The summed E-state index contributed by atoms with van der Waals surface area (Å²) in [6.07, 6.45) is 7.07. The van der Waals surface area contributed by atoms with Crippen LogP contribution in [0.1, 0.15) is 53.4 Å². The van der Waals surface area contributed by atoms with Crippen molar-refractivity contribution < 1.29 is 4.79 Å². The second-order valence-corrected chi connectivity index (χ2v) is 6.72. The summed E-state index contributed by atoms with van der Waals surface area (Å²) in [5.74, 6) is 1.06. The normalized spacial score (nSPS) is 55.1. The number of carbonyl (C=O) groups excluding carboxylic acids is 1. The molecule has 0 heterocycles. The maximum atomic E-state index is 12.4. The molecule has 0 amide bonds. The van der Waals surface area contributed by atoms with Gasteiger partial charge in [-0.1, -0.05) is 31.9 Å². The van der Waals surface area contributed by atoms with E-state index in [0.717, 1.165) is 6.42 Å². The van der Waals surface area contributed by atoms with Gasteiger partial charge in [-0.05, 0) is 43.4 Å². The Labute approximate surface area is 98.3 Å². The molecule has 1 spiro atoms. The molecule has 0 aliphatic heterocycles. The molecule has 1 heteroatoms. The Kier molecular flexibility index (Phi) is 1.73. The second-order valence-electron chi connectivity index (χ2n) is 6.72. The molecule has 3 aliphatic carbocycles. The predicted octanol–water partition coefficient (Wildman–Crippen LogP) is 3.74. The molecule has 0 aromatic rings. The summed E-state index contributed by atoms with van der Waals surface area (Å²) in [5.41, 5.74) is 1.75. The van der Waals surface area contributed by atoms with Crippen LogP contribution >= 0.6 is 0 Å². The molecule has 2 fully saturated rings. The van der Waals surface area contributed by atoms with Crippen molar-refractivity contribution >= 4 is 5.78 Å². The van der Waals surface area contributed by atoms with Crippen LogP contribution in [-0.2, 0) is 4.79 Å². The van der Waals surface area contributed by atoms with E-state index in [9.17, 15) is 4.79 Å². The van der Waals surface area contributed by atoms with Crippen LogP contribution in [0.3, 0.4) is 0 Å². The van der Waals surface area contributed by atoms with Crippen molar-refractivity contribution in [3.05, 3.63) is 11.6 Å². The molecule has 0 saturated heterocycles. The lowest BCUT2D eigenvalue weighted by atomic mass is 9.55. The zero-order valence-corrected chi connectivity index (χ0v) is 10.9. The minimum atomic E-state index is -0.141. The van der Waals surface area contributed by atoms with Crippen LogP contribution in [0.15, 0.2) is 11.6 Å². The van der Waals surface area contributed by atoms with Crippen molar-refractivity contribution in [2.24, 2.45) is 22.2 Å². The van der Waals surface area contributed by atoms with Crippen LogP contribution in [0.4, 0.5) is 0 Å². The molecule has 1 nitrogen and oxygen atoms in total. The third kappa shape index (κ3) is 0.752. The third-order valence-corrected chi connectivity index (χ3v) is 6.39. The van der Waals surface area contributed by atoms with Crippen molar-refractivity contribution in [1.29, 1.82) is 0 Å². The third-order valence-electron chi connectivity index (χ3n) is 6.39. The van der Waals surface area contributed by atoms with Gasteiger partial charge >= 0.3 is 0 Å². The Morgan fingerprint density at radius 3 is 2.69 bits per heavy atom. The molecule has 0 aromatic heterocycles. The number of hydrogen-bond donors (Lipinski definition) is 0. The first-order chi connectivity index (χ1) is 7.38. The Balaban J connectivity index is 2.28. The van der Waals surface area contributed by atoms with Crippen molar-refractivity contribution in [2.45, 2.75) is 53.4 Å². The van der Waals surface area contributed by atoms with Gasteiger partial charge in [-0.25, -0.2) is 0 Å². The molecule has 3 aliphatic rings. The smallest absolute Gasteiger partial charge is 0.143 e. The molecule has 0 N–H and O–H groups in total. The van der Waals surface area contributed by atoms with Crippen molar-refractivity contribution in [3.8, 4) is 0 Å². The highest BCUT2D eigenvalue weighted by Crippen LogP contribution is 2.76. The van der Waals surface area contributed by atoms with E-state index in [4.69, 9.17) is 0 Å². The van der Waals surface area contributed by atoms with Gasteiger partial charge in [0, 0.05) is 6.42 Å². The number of rotatable bonds is 0. The van der Waals surface area contributed by atoms with E-state index >= 15 is 0 Å². The molecule has 0 unspecified atom stereocenters. The fourth-order valence-corrected chi connectivity index (χ4v) is 5.67. The van der Waals surface area contributed by atoms with Gasteiger partial charge in [0.2, 0.25) is 0 Å². The van der Waals surface area contributed by atoms with Gasteiger partial charge in [0.15, 0.2) is 0 Å². The summed E-state index contributed by atoms with van der Waals surface area (Å²) in [7, 11) is 0. The summed E-state index contributed by atoms with van der Waals surface area (Å²) in [6, 6.07) is 0. The lowest BCUT2D eigenvalue weighted by molar-refractivity contribution is -0.127. The molecule has 2 saturated carbocycles. The molecule has 3 rings (SSSR count). The van der Waals surface area contributed by atoms with Crippen molar-refractivity contribution in [1.82, 2.24) is 0 Å². The highest BCUT2D eigenvalue weighted by molar-refractivity contribution is 5.92. The quantitative estimate of drug-likeness (QED) is 0.566. The molecule has 16 heavy (non-hydrogen) atoms. The van der Waals surface area contributed by atoms with E-state index in [1.807, 2.05) is 0 Å². The van der Waals surface area contributed by atoms with E-state index in [2.05, 4.69) is 33.8 Å². The monoisotopic (exact) mass is 218 g/mol. The van der Waals surface area contributed by atoms with Crippen LogP contribution in [0.5, 0.6) is 0 Å². The SMILES string of the molecule is CC1=C[C@@]2(C)CCC[C@]23[C@@H](C)CC(=O)[C@]13C. The zero-order chi connectivity index (χ0) is 11.8. The van der Waals surface area contributed by atoms with Crippen LogP contribution < -0.4 is 0 Å². The van der Waals surface area contributed by atoms with Crippen molar-refractivity contribution in [3.63, 3.8) is 0 Å². The average molecular weight is 218 g/mol. The zero-order valence-electron chi connectivity index (χ0n) is 10.9. The molecule has 0 radical (unpaired) electrons. The maximum Gasteiger partial charge on any atom is 0.143 e. The van der Waals surface area contributed by atoms with Gasteiger partial charge in [-0.15, -0.1) is 0 Å². The van der Waals surface area contributed by atoms with E-state index in [0.29, 0.717) is 11.7 Å². The highest BCUT2D eigenvalue weighted by Gasteiger charge is 2.72. The van der Waals surface area contributed by atoms with Gasteiger partial charge in [0.1, 0.15) is 5.78 Å². The summed E-state index contributed by atoms with van der Waals surface area (Å²) in [6.45, 7) is 9.10. The topological polar surface area (TPSA) is 17.1 Å². The molecule has 0 bridgehead atoms. The predicted molar refractivity (Wildman–Crippen MR) is 65.0 cm³/mol. The Hall–Kier alpha value is -0.590. The number of allylic oxidation sites excluding steroid dienone is 2. The van der Waals surface area contributed by atoms with E-state index in [1.165, 1.54) is 24.8 Å². The largest absolute Gasteiger partial charge is 0.299 e. The molecular weight excluding hydrogens is 196 g/mol. The van der Waals surface area contributed by atoms with Gasteiger partial charge in [0.25, 0.3) is 0 Å². The minimum Gasteiger partial charge on any atom is -0.299 e. The van der Waals surface area contributed by atoms with E-state index < -0.39 is 0 Å². The first-order valence-corrected chi connectivity index (χ1v) is 6.62. The number of Topliss-reactive ketones (excluding diaryl/α,β-unsaturated/α-hetero) is 1. The van der Waals surface area contributed by atoms with Crippen LogP contribution in [-0.4, -0.2) is 5.78 Å². The average Bonchev–Trinajstić information content (AvgIpc) is 2.67. The molecule has 88 valence electrons. The standard InChI is InChI=1S/C15H22O/c1-10-8-12(16)14(4)11(2)9-13(3)6-5-7-15(10,13)14/h9-10H,5-8H2,1-4H3/t10-,13+,14-,15-/m0/s1. The first-order valence-electron chi connectivity index (χ1n) is 6.62. The fourth-order valence-electron chi connectivity index (χ4n) is 5.67. The van der Waals surface area contributed by atoms with Gasteiger partial charge < -0.3 is 0 Å². The minimum absolute atomic E-state index is 0.141.